The SMILES string of the molecule is CN(C)CCCOc1cc(Cl)c(Cl)cc1Oc1ncccc1C(=O)C=Cc1ccc(Cl)cc1. The number of ether oxygens (including phenoxy) is 2. The lowest BCUT2D eigenvalue weighted by Gasteiger charge is -2.15. The van der Waals surface area contributed by atoms with Crippen LogP contribution in [0.25, 0.3) is 6.08 Å². The van der Waals surface area contributed by atoms with E-state index in [0.717, 1.165) is 18.5 Å². The number of halogens is 3. The van der Waals surface area contributed by atoms with E-state index in [-0.39, 0.29) is 11.7 Å². The molecule has 0 atom stereocenters. The van der Waals surface area contributed by atoms with E-state index in [4.69, 9.17) is 44.3 Å². The smallest absolute Gasteiger partial charge is 0.230 e. The van der Waals surface area contributed by atoms with Gasteiger partial charge in [-0.2, -0.15) is 0 Å². The first-order valence-electron chi connectivity index (χ1n) is 10.2. The third-order valence-corrected chi connectivity index (χ3v) is 5.51. The summed E-state index contributed by atoms with van der Waals surface area (Å²) in [4.78, 5) is 19.2. The Morgan fingerprint density at radius 2 is 1.73 bits per heavy atom. The molecule has 0 spiro atoms. The Kier molecular flexibility index (Phi) is 9.15. The van der Waals surface area contributed by atoms with E-state index in [1.54, 1.807) is 48.7 Å². The average molecular weight is 506 g/mol. The van der Waals surface area contributed by atoms with Gasteiger partial charge in [-0.3, -0.25) is 4.79 Å². The van der Waals surface area contributed by atoms with Crippen LogP contribution in [0.1, 0.15) is 22.3 Å². The third-order valence-electron chi connectivity index (χ3n) is 4.53. The molecule has 0 aliphatic carbocycles. The molecule has 1 aromatic heterocycles. The molecule has 0 amide bonds. The highest BCUT2D eigenvalue weighted by atomic mass is 35.5. The maximum atomic E-state index is 12.9. The fraction of sp³-hybridized carbons (Fsp3) is 0.200. The number of rotatable bonds is 10. The van der Waals surface area contributed by atoms with E-state index in [9.17, 15) is 4.79 Å². The Hall–Kier alpha value is -2.57. The molecule has 0 aliphatic heterocycles. The molecule has 0 unspecified atom stereocenters. The van der Waals surface area contributed by atoms with Crippen LogP contribution in [0.4, 0.5) is 0 Å². The molecule has 0 N–H and O–H groups in total. The van der Waals surface area contributed by atoms with Gasteiger partial charge in [-0.15, -0.1) is 0 Å². The number of carbonyl (C=O) groups is 1. The fourth-order valence-electron chi connectivity index (χ4n) is 2.87. The molecule has 0 fully saturated rings. The first-order valence-corrected chi connectivity index (χ1v) is 11.3. The Labute approximate surface area is 208 Å². The van der Waals surface area contributed by atoms with Crippen LogP contribution in [0.15, 0.2) is 60.8 Å². The number of hydrogen-bond acceptors (Lipinski definition) is 5. The van der Waals surface area contributed by atoms with Gasteiger partial charge in [0.15, 0.2) is 17.3 Å². The zero-order valence-electron chi connectivity index (χ0n) is 18.2. The van der Waals surface area contributed by atoms with Crippen LogP contribution in [0, 0.1) is 0 Å². The van der Waals surface area contributed by atoms with Crippen molar-refractivity contribution >= 4 is 46.7 Å². The lowest BCUT2D eigenvalue weighted by atomic mass is 10.1. The van der Waals surface area contributed by atoms with Gasteiger partial charge in [0.2, 0.25) is 5.88 Å². The second kappa shape index (κ2) is 12.1. The van der Waals surface area contributed by atoms with Crippen molar-refractivity contribution in [2.75, 3.05) is 27.2 Å². The standard InChI is InChI=1S/C25H23Cl3N2O3/c1-30(2)13-4-14-32-23-15-20(27)21(28)16-24(23)33-25-19(5-3-12-29-25)22(31)11-8-17-6-9-18(26)10-7-17/h3,5-12,15-16H,4,13-14H2,1-2H3. The minimum atomic E-state index is -0.262. The van der Waals surface area contributed by atoms with Gasteiger partial charge >= 0.3 is 0 Å². The lowest BCUT2D eigenvalue weighted by molar-refractivity contribution is 0.104. The van der Waals surface area contributed by atoms with Gasteiger partial charge < -0.3 is 14.4 Å². The molecule has 1 heterocycles. The number of hydrogen-bond donors (Lipinski definition) is 0. The first kappa shape index (κ1) is 25.1. The maximum absolute atomic E-state index is 12.9. The van der Waals surface area contributed by atoms with Crippen molar-refractivity contribution in [3.8, 4) is 17.4 Å². The molecule has 3 aromatic rings. The van der Waals surface area contributed by atoms with Crippen molar-refractivity contribution in [2.45, 2.75) is 6.42 Å². The second-order valence-corrected chi connectivity index (χ2v) is 8.68. The maximum Gasteiger partial charge on any atom is 0.230 e. The van der Waals surface area contributed by atoms with Crippen LogP contribution in [0.5, 0.6) is 17.4 Å². The van der Waals surface area contributed by atoms with Crippen molar-refractivity contribution in [1.82, 2.24) is 9.88 Å². The van der Waals surface area contributed by atoms with Gasteiger partial charge in [-0.25, -0.2) is 4.98 Å². The van der Waals surface area contributed by atoms with Crippen molar-refractivity contribution in [1.29, 1.82) is 0 Å². The zero-order valence-corrected chi connectivity index (χ0v) is 20.5. The van der Waals surface area contributed by atoms with Crippen LogP contribution < -0.4 is 9.47 Å². The predicted octanol–water partition coefficient (Wildman–Crippen LogP) is 7.06. The van der Waals surface area contributed by atoms with E-state index < -0.39 is 0 Å². The van der Waals surface area contributed by atoms with Gasteiger partial charge in [-0.1, -0.05) is 53.0 Å². The van der Waals surface area contributed by atoms with E-state index in [2.05, 4.69) is 9.88 Å². The number of pyridine rings is 1. The molecule has 5 nitrogen and oxygen atoms in total. The normalized spacial score (nSPS) is 11.2. The summed E-state index contributed by atoms with van der Waals surface area (Å²) in [5.74, 6) is 0.619. The highest BCUT2D eigenvalue weighted by molar-refractivity contribution is 6.42. The molecule has 0 bridgehead atoms. The van der Waals surface area contributed by atoms with E-state index in [0.29, 0.717) is 38.7 Å². The van der Waals surface area contributed by atoms with E-state index in [1.807, 2.05) is 26.2 Å². The summed E-state index contributed by atoms with van der Waals surface area (Å²) >= 11 is 18.3. The summed E-state index contributed by atoms with van der Waals surface area (Å²) in [5, 5.41) is 1.27. The Bertz CT molecular complexity index is 1130. The third kappa shape index (κ3) is 7.47. The molecule has 172 valence electrons. The lowest BCUT2D eigenvalue weighted by Crippen LogP contribution is -2.15. The molecule has 0 saturated heterocycles. The second-order valence-electron chi connectivity index (χ2n) is 7.43. The van der Waals surface area contributed by atoms with Crippen molar-refractivity contribution in [3.05, 3.63) is 87.0 Å². The van der Waals surface area contributed by atoms with Gasteiger partial charge in [-0.05, 0) is 56.4 Å². The monoisotopic (exact) mass is 504 g/mol. The van der Waals surface area contributed by atoms with Crippen LogP contribution >= 0.6 is 34.8 Å². The van der Waals surface area contributed by atoms with Crippen LogP contribution in [-0.4, -0.2) is 42.9 Å². The number of allylic oxidation sites excluding steroid dienone is 1. The molecule has 0 aliphatic rings. The molecule has 2 aromatic carbocycles. The highest BCUT2D eigenvalue weighted by Gasteiger charge is 2.16. The Balaban J connectivity index is 1.81. The van der Waals surface area contributed by atoms with Crippen LogP contribution in [-0.2, 0) is 0 Å². The van der Waals surface area contributed by atoms with Crippen molar-refractivity contribution in [3.63, 3.8) is 0 Å². The summed E-state index contributed by atoms with van der Waals surface area (Å²) in [6.07, 6.45) is 5.52. The summed E-state index contributed by atoms with van der Waals surface area (Å²) in [6.45, 7) is 1.33. The van der Waals surface area contributed by atoms with Crippen LogP contribution in [0.2, 0.25) is 15.1 Å². The topological polar surface area (TPSA) is 51.7 Å². The number of aromatic nitrogens is 1. The predicted molar refractivity (Wildman–Crippen MR) is 134 cm³/mol. The molecule has 8 heteroatoms. The summed E-state index contributed by atoms with van der Waals surface area (Å²) in [6, 6.07) is 13.6. The molecule has 0 saturated carbocycles. The number of nitrogens with zero attached hydrogens (tertiary/aromatic N) is 2. The Morgan fingerprint density at radius 1 is 1.03 bits per heavy atom. The first-order chi connectivity index (χ1) is 15.8. The Morgan fingerprint density at radius 3 is 2.42 bits per heavy atom. The van der Waals surface area contributed by atoms with E-state index >= 15 is 0 Å². The molecule has 0 radical (unpaired) electrons. The minimum absolute atomic E-state index is 0.139. The van der Waals surface area contributed by atoms with Gasteiger partial charge in [0.25, 0.3) is 0 Å². The summed E-state index contributed by atoms with van der Waals surface area (Å²) < 4.78 is 11.9. The average Bonchev–Trinajstić information content (AvgIpc) is 2.79. The molecular formula is C25H23Cl3N2O3. The van der Waals surface area contributed by atoms with Gasteiger partial charge in [0.05, 0.1) is 22.2 Å². The van der Waals surface area contributed by atoms with Crippen molar-refractivity contribution in [2.24, 2.45) is 0 Å². The molecular weight excluding hydrogens is 483 g/mol. The minimum Gasteiger partial charge on any atom is -0.490 e. The van der Waals surface area contributed by atoms with Gasteiger partial charge in [0, 0.05) is 29.9 Å². The van der Waals surface area contributed by atoms with Crippen molar-refractivity contribution < 1.29 is 14.3 Å². The van der Waals surface area contributed by atoms with Crippen LogP contribution in [0.3, 0.4) is 0 Å². The fourth-order valence-corrected chi connectivity index (χ4v) is 3.30. The van der Waals surface area contributed by atoms with Gasteiger partial charge in [0.1, 0.15) is 0 Å². The number of benzene rings is 2. The quantitative estimate of drug-likeness (QED) is 0.168. The number of carbonyl (C=O) groups excluding carboxylic acids is 1. The highest BCUT2D eigenvalue weighted by Crippen LogP contribution is 2.39. The van der Waals surface area contributed by atoms with E-state index in [1.165, 1.54) is 6.08 Å². The molecule has 33 heavy (non-hydrogen) atoms. The molecule has 3 rings (SSSR count). The summed E-state index contributed by atoms with van der Waals surface area (Å²) in [5.41, 5.74) is 1.14. The zero-order chi connectivity index (χ0) is 23.8. The summed E-state index contributed by atoms with van der Waals surface area (Å²) in [7, 11) is 3.99. The largest absolute Gasteiger partial charge is 0.490 e. The number of ketones is 1.